The Hall–Kier alpha value is -2.01. The number of ether oxygens (including phenoxy) is 1. The van der Waals surface area contributed by atoms with Gasteiger partial charge in [0.2, 0.25) is 0 Å². The van der Waals surface area contributed by atoms with Crippen LogP contribution < -0.4 is 0 Å². The molecule has 0 unspecified atom stereocenters. The number of carbonyl (C=O) groups is 1. The molecule has 0 atom stereocenters. The van der Waals surface area contributed by atoms with Crippen LogP contribution in [0.4, 0.5) is 4.39 Å². The van der Waals surface area contributed by atoms with Crippen LogP contribution in [-0.2, 0) is 11.2 Å². The predicted molar refractivity (Wildman–Crippen MR) is 67.6 cm³/mol. The lowest BCUT2D eigenvalue weighted by molar-refractivity contribution is 0.0592. The number of hydrogen-bond acceptors (Lipinski definition) is 4. The molecule has 0 amide bonds. The summed E-state index contributed by atoms with van der Waals surface area (Å²) in [4.78, 5) is 19.5. The largest absolute Gasteiger partial charge is 0.464 e. The average Bonchev–Trinajstić information content (AvgIpc) is 2.42. The normalized spacial score (nSPS) is 10.3. The van der Waals surface area contributed by atoms with Crippen LogP contribution in [0.2, 0.25) is 5.02 Å². The summed E-state index contributed by atoms with van der Waals surface area (Å²) in [5.74, 6) is -1.02. The van der Waals surface area contributed by atoms with Crippen molar-refractivity contribution in [3.8, 4) is 0 Å². The standard InChI is InChI=1S/C13H10ClFN2O2/c1-19-13(18)12-11(16-4-5-17-12)7-8-6-9(14)2-3-10(8)15/h2-6H,7H2,1H3. The van der Waals surface area contributed by atoms with E-state index in [1.54, 1.807) is 0 Å². The van der Waals surface area contributed by atoms with Gasteiger partial charge in [-0.15, -0.1) is 0 Å². The fraction of sp³-hybridized carbons (Fsp3) is 0.154. The number of esters is 1. The van der Waals surface area contributed by atoms with E-state index >= 15 is 0 Å². The molecule has 1 heterocycles. The van der Waals surface area contributed by atoms with Crippen molar-refractivity contribution in [3.63, 3.8) is 0 Å². The summed E-state index contributed by atoms with van der Waals surface area (Å²) >= 11 is 5.82. The topological polar surface area (TPSA) is 52.1 Å². The van der Waals surface area contributed by atoms with E-state index < -0.39 is 11.8 Å². The van der Waals surface area contributed by atoms with Crippen LogP contribution in [0.5, 0.6) is 0 Å². The average molecular weight is 281 g/mol. The Kier molecular flexibility index (Phi) is 4.06. The van der Waals surface area contributed by atoms with Gasteiger partial charge in [-0.3, -0.25) is 4.98 Å². The third kappa shape index (κ3) is 3.06. The van der Waals surface area contributed by atoms with Crippen LogP contribution in [0.1, 0.15) is 21.7 Å². The zero-order chi connectivity index (χ0) is 13.8. The minimum absolute atomic E-state index is 0.0735. The summed E-state index contributed by atoms with van der Waals surface area (Å²) in [5.41, 5.74) is 0.762. The second-order valence-electron chi connectivity index (χ2n) is 3.76. The molecule has 1 aromatic heterocycles. The Bertz CT molecular complexity index is 619. The van der Waals surface area contributed by atoms with Crippen molar-refractivity contribution in [1.82, 2.24) is 9.97 Å². The van der Waals surface area contributed by atoms with Gasteiger partial charge in [-0.1, -0.05) is 11.6 Å². The van der Waals surface area contributed by atoms with Crippen LogP contribution in [0, 0.1) is 5.82 Å². The zero-order valence-corrected chi connectivity index (χ0v) is 10.8. The molecule has 2 aromatic rings. The van der Waals surface area contributed by atoms with Crippen LogP contribution in [0.25, 0.3) is 0 Å². The molecule has 19 heavy (non-hydrogen) atoms. The maximum Gasteiger partial charge on any atom is 0.358 e. The van der Waals surface area contributed by atoms with Crippen molar-refractivity contribution in [3.05, 3.63) is 58.4 Å². The molecule has 0 saturated heterocycles. The number of hydrogen-bond donors (Lipinski definition) is 0. The number of benzene rings is 1. The van der Waals surface area contributed by atoms with Crippen molar-refractivity contribution in [2.45, 2.75) is 6.42 Å². The monoisotopic (exact) mass is 280 g/mol. The molecule has 2 rings (SSSR count). The second kappa shape index (κ2) is 5.75. The van der Waals surface area contributed by atoms with E-state index in [4.69, 9.17) is 11.6 Å². The predicted octanol–water partition coefficient (Wildman–Crippen LogP) is 2.65. The van der Waals surface area contributed by atoms with Crippen LogP contribution in [0.15, 0.2) is 30.6 Å². The Morgan fingerprint density at radius 2 is 2.11 bits per heavy atom. The zero-order valence-electron chi connectivity index (χ0n) is 10.1. The number of rotatable bonds is 3. The van der Waals surface area contributed by atoms with Gasteiger partial charge in [-0.2, -0.15) is 0 Å². The van der Waals surface area contributed by atoms with Gasteiger partial charge in [0, 0.05) is 23.8 Å². The summed E-state index contributed by atoms with van der Waals surface area (Å²) in [6.45, 7) is 0. The molecule has 0 aliphatic heterocycles. The summed E-state index contributed by atoms with van der Waals surface area (Å²) in [6, 6.07) is 4.22. The van der Waals surface area contributed by atoms with Gasteiger partial charge in [-0.05, 0) is 23.8 Å². The lowest BCUT2D eigenvalue weighted by atomic mass is 10.1. The highest BCUT2D eigenvalue weighted by Crippen LogP contribution is 2.18. The van der Waals surface area contributed by atoms with Crippen molar-refractivity contribution < 1.29 is 13.9 Å². The lowest BCUT2D eigenvalue weighted by Crippen LogP contribution is -2.11. The highest BCUT2D eigenvalue weighted by molar-refractivity contribution is 6.30. The van der Waals surface area contributed by atoms with Gasteiger partial charge in [0.1, 0.15) is 5.82 Å². The minimum atomic E-state index is -0.606. The van der Waals surface area contributed by atoms with E-state index in [9.17, 15) is 9.18 Å². The molecular formula is C13H10ClFN2O2. The lowest BCUT2D eigenvalue weighted by Gasteiger charge is -2.07. The molecule has 0 radical (unpaired) electrons. The van der Waals surface area contributed by atoms with Gasteiger partial charge in [0.25, 0.3) is 0 Å². The fourth-order valence-corrected chi connectivity index (χ4v) is 1.82. The quantitative estimate of drug-likeness (QED) is 0.811. The molecular weight excluding hydrogens is 271 g/mol. The van der Waals surface area contributed by atoms with Crippen molar-refractivity contribution >= 4 is 17.6 Å². The molecule has 0 aliphatic carbocycles. The molecule has 0 aliphatic rings. The maximum absolute atomic E-state index is 13.6. The third-order valence-corrected chi connectivity index (χ3v) is 2.75. The molecule has 0 spiro atoms. The third-order valence-electron chi connectivity index (χ3n) is 2.52. The summed E-state index contributed by atoms with van der Waals surface area (Å²) in [7, 11) is 1.25. The molecule has 1 aromatic carbocycles. The Morgan fingerprint density at radius 1 is 1.37 bits per heavy atom. The van der Waals surface area contributed by atoms with Gasteiger partial charge in [0.15, 0.2) is 5.69 Å². The minimum Gasteiger partial charge on any atom is -0.464 e. The smallest absolute Gasteiger partial charge is 0.358 e. The first kappa shape index (κ1) is 13.4. The molecule has 6 heteroatoms. The van der Waals surface area contributed by atoms with Crippen molar-refractivity contribution in [1.29, 1.82) is 0 Å². The van der Waals surface area contributed by atoms with E-state index in [-0.39, 0.29) is 12.1 Å². The maximum atomic E-state index is 13.6. The summed E-state index contributed by atoms with van der Waals surface area (Å²) < 4.78 is 18.3. The number of nitrogens with zero attached hydrogens (tertiary/aromatic N) is 2. The number of methoxy groups -OCH3 is 1. The Balaban J connectivity index is 2.38. The van der Waals surface area contributed by atoms with E-state index in [0.29, 0.717) is 16.3 Å². The highest BCUT2D eigenvalue weighted by atomic mass is 35.5. The molecule has 0 bridgehead atoms. The molecule has 0 N–H and O–H groups in total. The van der Waals surface area contributed by atoms with Gasteiger partial charge >= 0.3 is 5.97 Å². The second-order valence-corrected chi connectivity index (χ2v) is 4.19. The van der Waals surface area contributed by atoms with Gasteiger partial charge in [-0.25, -0.2) is 14.2 Å². The van der Waals surface area contributed by atoms with Gasteiger partial charge in [0.05, 0.1) is 12.8 Å². The number of carbonyl (C=O) groups excluding carboxylic acids is 1. The van der Waals surface area contributed by atoms with Crippen molar-refractivity contribution in [2.24, 2.45) is 0 Å². The van der Waals surface area contributed by atoms with E-state index in [2.05, 4.69) is 14.7 Å². The first-order chi connectivity index (χ1) is 9.11. The Labute approximate surface area is 114 Å². The highest BCUT2D eigenvalue weighted by Gasteiger charge is 2.16. The van der Waals surface area contributed by atoms with Crippen molar-refractivity contribution in [2.75, 3.05) is 7.11 Å². The first-order valence-corrected chi connectivity index (χ1v) is 5.81. The molecule has 98 valence electrons. The molecule has 4 nitrogen and oxygen atoms in total. The fourth-order valence-electron chi connectivity index (χ4n) is 1.62. The first-order valence-electron chi connectivity index (χ1n) is 5.44. The van der Waals surface area contributed by atoms with Crippen LogP contribution in [-0.4, -0.2) is 23.0 Å². The SMILES string of the molecule is COC(=O)c1nccnc1Cc1cc(Cl)ccc1F. The van der Waals surface area contributed by atoms with E-state index in [1.165, 1.54) is 37.7 Å². The number of aromatic nitrogens is 2. The summed E-state index contributed by atoms with van der Waals surface area (Å²) in [6.07, 6.45) is 2.93. The summed E-state index contributed by atoms with van der Waals surface area (Å²) in [5, 5.41) is 0.417. The number of halogens is 2. The van der Waals surface area contributed by atoms with E-state index in [0.717, 1.165) is 0 Å². The Morgan fingerprint density at radius 3 is 2.84 bits per heavy atom. The van der Waals surface area contributed by atoms with Crippen LogP contribution in [0.3, 0.4) is 0 Å². The van der Waals surface area contributed by atoms with E-state index in [1.807, 2.05) is 0 Å². The molecule has 0 saturated carbocycles. The van der Waals surface area contributed by atoms with Crippen LogP contribution >= 0.6 is 11.6 Å². The van der Waals surface area contributed by atoms with Gasteiger partial charge < -0.3 is 4.74 Å². The molecule has 0 fully saturated rings.